The highest BCUT2D eigenvalue weighted by molar-refractivity contribution is 7.89. The molecule has 0 bridgehead atoms. The topological polar surface area (TPSA) is 106 Å². The largest absolute Gasteiger partial charge is 0.426 e. The van der Waals surface area contributed by atoms with E-state index in [1.54, 1.807) is 20.8 Å². The predicted molar refractivity (Wildman–Crippen MR) is 83.9 cm³/mol. The first-order chi connectivity index (χ1) is 11.4. The first-order valence-corrected chi connectivity index (χ1v) is 9.26. The predicted octanol–water partition coefficient (Wildman–Crippen LogP) is 0.532. The highest BCUT2D eigenvalue weighted by atomic mass is 32.2. The maximum absolute atomic E-state index is 12.8. The summed E-state index contributed by atoms with van der Waals surface area (Å²) in [5.74, 6) is 1.50. The van der Waals surface area contributed by atoms with Crippen LogP contribution in [0.2, 0.25) is 0 Å². The van der Waals surface area contributed by atoms with Gasteiger partial charge in [-0.05, 0) is 13.8 Å². The minimum Gasteiger partial charge on any atom is -0.426 e. The summed E-state index contributed by atoms with van der Waals surface area (Å²) in [6.45, 7) is 7.99. The Morgan fingerprint density at radius 3 is 2.33 bits per heavy atom. The van der Waals surface area contributed by atoms with E-state index in [0.717, 1.165) is 6.54 Å². The van der Waals surface area contributed by atoms with Crippen LogP contribution < -0.4 is 0 Å². The number of aryl methyl sites for hydroxylation is 3. The second-order valence-electron chi connectivity index (χ2n) is 5.86. The van der Waals surface area contributed by atoms with Gasteiger partial charge in [-0.2, -0.15) is 4.31 Å². The van der Waals surface area contributed by atoms with E-state index in [-0.39, 0.29) is 4.90 Å². The third-order valence-electron chi connectivity index (χ3n) is 4.11. The Morgan fingerprint density at radius 1 is 1.08 bits per heavy atom. The molecule has 0 amide bonds. The molecule has 0 unspecified atom stereocenters. The molecule has 2 aromatic heterocycles. The summed E-state index contributed by atoms with van der Waals surface area (Å²) in [4.78, 5) is 2.39. The van der Waals surface area contributed by atoms with E-state index in [2.05, 4.69) is 20.3 Å². The molecule has 1 fully saturated rings. The number of hydrogen-bond acceptors (Lipinski definition) is 8. The van der Waals surface area contributed by atoms with Gasteiger partial charge in [0, 0.05) is 46.1 Å². The lowest BCUT2D eigenvalue weighted by Crippen LogP contribution is -2.49. The third kappa shape index (κ3) is 3.35. The lowest BCUT2D eigenvalue weighted by molar-refractivity contribution is 0.186. The molecule has 1 aliphatic rings. The number of nitrogens with zero attached hydrogens (tertiary/aromatic N) is 5. The van der Waals surface area contributed by atoms with Gasteiger partial charge in [0.05, 0.1) is 0 Å². The van der Waals surface area contributed by atoms with Gasteiger partial charge in [-0.3, -0.25) is 0 Å². The van der Waals surface area contributed by atoms with Crippen LogP contribution in [0.4, 0.5) is 0 Å². The van der Waals surface area contributed by atoms with Crippen molar-refractivity contribution in [3.05, 3.63) is 23.2 Å². The summed E-state index contributed by atoms with van der Waals surface area (Å²) in [6.07, 6.45) is 0.664. The molecule has 1 saturated heterocycles. The fourth-order valence-electron chi connectivity index (χ4n) is 2.86. The van der Waals surface area contributed by atoms with E-state index in [4.69, 9.17) is 8.94 Å². The molecule has 24 heavy (non-hydrogen) atoms. The zero-order valence-corrected chi connectivity index (χ0v) is 14.8. The SMILES string of the molecule is Cc1nnc(CCN2CCN(S(=O)(=O)c3c(C)noc3C)CC2)o1. The number of aromatic nitrogens is 3. The molecule has 132 valence electrons. The third-order valence-corrected chi connectivity index (χ3v) is 6.25. The number of hydrogen-bond donors (Lipinski definition) is 0. The van der Waals surface area contributed by atoms with Crippen LogP contribution in [0.5, 0.6) is 0 Å². The molecule has 1 aliphatic heterocycles. The standard InChI is InChI=1S/C14H21N5O4S/c1-10-14(11(2)23-17-10)24(20,21)19-8-6-18(7-9-19)5-4-13-16-15-12(3)22-13/h4-9H2,1-3H3. The first-order valence-electron chi connectivity index (χ1n) is 7.82. The molecule has 9 nitrogen and oxygen atoms in total. The molecular formula is C14H21N5O4S. The van der Waals surface area contributed by atoms with Gasteiger partial charge in [-0.1, -0.05) is 5.16 Å². The quantitative estimate of drug-likeness (QED) is 0.765. The highest BCUT2D eigenvalue weighted by Crippen LogP contribution is 2.24. The van der Waals surface area contributed by atoms with Gasteiger partial charge >= 0.3 is 0 Å². The minimum atomic E-state index is -3.56. The van der Waals surface area contributed by atoms with Crippen LogP contribution in [0.3, 0.4) is 0 Å². The van der Waals surface area contributed by atoms with Crippen molar-refractivity contribution < 1.29 is 17.4 Å². The molecule has 0 aliphatic carbocycles. The average Bonchev–Trinajstić information content (AvgIpc) is 3.11. The van der Waals surface area contributed by atoms with Gasteiger partial charge in [-0.25, -0.2) is 8.42 Å². The minimum absolute atomic E-state index is 0.192. The van der Waals surface area contributed by atoms with Crippen molar-refractivity contribution in [3.63, 3.8) is 0 Å². The summed E-state index contributed by atoms with van der Waals surface area (Å²) >= 11 is 0. The molecule has 3 heterocycles. The molecule has 0 saturated carbocycles. The normalized spacial score (nSPS) is 17.5. The zero-order valence-electron chi connectivity index (χ0n) is 14.0. The molecule has 0 spiro atoms. The van der Waals surface area contributed by atoms with Crippen LogP contribution in [-0.2, 0) is 16.4 Å². The molecule has 0 aromatic carbocycles. The van der Waals surface area contributed by atoms with Crippen LogP contribution >= 0.6 is 0 Å². The molecule has 0 atom stereocenters. The molecule has 0 N–H and O–H groups in total. The fraction of sp³-hybridized carbons (Fsp3) is 0.643. The van der Waals surface area contributed by atoms with Gasteiger partial charge < -0.3 is 13.8 Å². The van der Waals surface area contributed by atoms with E-state index in [9.17, 15) is 8.42 Å². The fourth-order valence-corrected chi connectivity index (χ4v) is 4.57. The Morgan fingerprint density at radius 2 is 1.79 bits per heavy atom. The lowest BCUT2D eigenvalue weighted by Gasteiger charge is -2.33. The van der Waals surface area contributed by atoms with Crippen molar-refractivity contribution in [1.29, 1.82) is 0 Å². The Bertz CT molecular complexity index is 785. The smallest absolute Gasteiger partial charge is 0.248 e. The van der Waals surface area contributed by atoms with Gasteiger partial charge in [-0.15, -0.1) is 10.2 Å². The second kappa shape index (κ2) is 6.61. The van der Waals surface area contributed by atoms with Crippen LogP contribution in [0.25, 0.3) is 0 Å². The summed E-state index contributed by atoms with van der Waals surface area (Å²) in [5.41, 5.74) is 0.404. The van der Waals surface area contributed by atoms with E-state index >= 15 is 0 Å². The molecule has 3 rings (SSSR count). The highest BCUT2D eigenvalue weighted by Gasteiger charge is 2.33. The maximum Gasteiger partial charge on any atom is 0.248 e. The Balaban J connectivity index is 1.58. The number of rotatable bonds is 5. The number of piperazine rings is 1. The molecular weight excluding hydrogens is 334 g/mol. The average molecular weight is 355 g/mol. The van der Waals surface area contributed by atoms with Crippen molar-refractivity contribution in [2.24, 2.45) is 0 Å². The van der Waals surface area contributed by atoms with E-state index < -0.39 is 10.0 Å². The Labute approximate surface area is 140 Å². The summed E-state index contributed by atoms with van der Waals surface area (Å²) in [6, 6.07) is 0. The van der Waals surface area contributed by atoms with Crippen molar-refractivity contribution in [1.82, 2.24) is 24.6 Å². The monoisotopic (exact) mass is 355 g/mol. The van der Waals surface area contributed by atoms with Crippen LogP contribution in [0.1, 0.15) is 23.2 Å². The summed E-state index contributed by atoms with van der Waals surface area (Å²) in [7, 11) is -3.56. The van der Waals surface area contributed by atoms with Crippen LogP contribution in [0, 0.1) is 20.8 Å². The molecule has 0 radical (unpaired) electrons. The van der Waals surface area contributed by atoms with Gasteiger partial charge in [0.2, 0.25) is 21.8 Å². The molecule has 2 aromatic rings. The van der Waals surface area contributed by atoms with Crippen molar-refractivity contribution in [3.8, 4) is 0 Å². The number of sulfonamides is 1. The lowest BCUT2D eigenvalue weighted by atomic mass is 10.3. The zero-order chi connectivity index (χ0) is 17.3. The van der Waals surface area contributed by atoms with Crippen molar-refractivity contribution >= 4 is 10.0 Å². The van der Waals surface area contributed by atoms with Crippen LogP contribution in [0.15, 0.2) is 13.8 Å². The van der Waals surface area contributed by atoms with Crippen molar-refractivity contribution in [2.45, 2.75) is 32.1 Å². The van der Waals surface area contributed by atoms with E-state index in [1.165, 1.54) is 4.31 Å². The second-order valence-corrected chi connectivity index (χ2v) is 7.74. The summed E-state index contributed by atoms with van der Waals surface area (Å²) in [5, 5.41) is 11.5. The maximum atomic E-state index is 12.8. The first kappa shape index (κ1) is 17.1. The Kier molecular flexibility index (Phi) is 4.70. The molecule has 10 heteroatoms. The van der Waals surface area contributed by atoms with E-state index in [0.29, 0.717) is 55.8 Å². The van der Waals surface area contributed by atoms with Gasteiger partial charge in [0.1, 0.15) is 10.6 Å². The van der Waals surface area contributed by atoms with Crippen molar-refractivity contribution in [2.75, 3.05) is 32.7 Å². The summed E-state index contributed by atoms with van der Waals surface area (Å²) < 4.78 is 37.3. The van der Waals surface area contributed by atoms with Crippen LogP contribution in [-0.4, -0.2) is 65.7 Å². The van der Waals surface area contributed by atoms with E-state index in [1.807, 2.05) is 0 Å². The Hall–Kier alpha value is -1.78. The van der Waals surface area contributed by atoms with Gasteiger partial charge in [0.15, 0.2) is 5.76 Å². The van der Waals surface area contributed by atoms with Gasteiger partial charge in [0.25, 0.3) is 0 Å².